The lowest BCUT2D eigenvalue weighted by molar-refractivity contribution is 0.368. The van der Waals surface area contributed by atoms with Crippen LogP contribution in [-0.2, 0) is 20.1 Å². The summed E-state index contributed by atoms with van der Waals surface area (Å²) in [5.41, 5.74) is 0.894. The zero-order chi connectivity index (χ0) is 10.7. The van der Waals surface area contributed by atoms with Gasteiger partial charge in [-0.25, -0.2) is 4.98 Å². The third-order valence-corrected chi connectivity index (χ3v) is 2.06. The second kappa shape index (κ2) is 4.22. The van der Waals surface area contributed by atoms with Gasteiger partial charge in [0.25, 0.3) is 0 Å². The van der Waals surface area contributed by atoms with Crippen LogP contribution in [0, 0.1) is 6.92 Å². The number of hydrogen-bond acceptors (Lipinski definition) is 5. The Bertz CT molecular complexity index is 433. The molecule has 2 heterocycles. The Morgan fingerprint density at radius 1 is 1.47 bits per heavy atom. The van der Waals surface area contributed by atoms with Crippen molar-refractivity contribution in [3.8, 4) is 0 Å². The molecule has 0 spiro atoms. The monoisotopic (exact) mass is 207 g/mol. The minimum Gasteiger partial charge on any atom is -0.360 e. The minimum absolute atomic E-state index is 0.647. The van der Waals surface area contributed by atoms with Crippen molar-refractivity contribution in [1.29, 1.82) is 0 Å². The van der Waals surface area contributed by atoms with E-state index in [-0.39, 0.29) is 0 Å². The summed E-state index contributed by atoms with van der Waals surface area (Å²) in [6.45, 7) is 3.21. The van der Waals surface area contributed by atoms with Gasteiger partial charge in [0.2, 0.25) is 0 Å². The van der Waals surface area contributed by atoms with Gasteiger partial charge in [0, 0.05) is 13.1 Å². The summed E-state index contributed by atoms with van der Waals surface area (Å²) in [6, 6.07) is 1.91. The molecule has 0 saturated carbocycles. The average Bonchev–Trinajstić information content (AvgIpc) is 2.77. The van der Waals surface area contributed by atoms with Crippen LogP contribution in [0.5, 0.6) is 0 Å². The van der Waals surface area contributed by atoms with Gasteiger partial charge < -0.3 is 9.84 Å². The van der Waals surface area contributed by atoms with Crippen LogP contribution in [0.3, 0.4) is 0 Å². The van der Waals surface area contributed by atoms with Crippen LogP contribution < -0.4 is 5.32 Å². The van der Waals surface area contributed by atoms with Gasteiger partial charge >= 0.3 is 0 Å². The number of rotatable bonds is 4. The minimum atomic E-state index is 0.647. The normalized spacial score (nSPS) is 10.8. The maximum atomic E-state index is 5.06. The summed E-state index contributed by atoms with van der Waals surface area (Å²) in [4.78, 5) is 4.10. The molecule has 1 N–H and O–H groups in total. The summed E-state index contributed by atoms with van der Waals surface area (Å²) in [5, 5.41) is 11.0. The highest BCUT2D eigenvalue weighted by Crippen LogP contribution is 2.01. The Kier molecular flexibility index (Phi) is 2.77. The maximum absolute atomic E-state index is 5.06. The Morgan fingerprint density at radius 2 is 2.33 bits per heavy atom. The molecule has 0 aromatic carbocycles. The first kappa shape index (κ1) is 9.85. The van der Waals surface area contributed by atoms with Gasteiger partial charge in [0.1, 0.15) is 12.2 Å². The standard InChI is InChI=1S/C9H13N5O/c1-7-3-8(15-13-7)4-10-5-9-11-6-12-14(9)2/h3,6,10H,4-5H2,1-2H3. The number of nitrogens with one attached hydrogen (secondary N) is 1. The Morgan fingerprint density at radius 3 is 2.93 bits per heavy atom. The molecule has 6 nitrogen and oxygen atoms in total. The molecule has 2 aromatic rings. The van der Waals surface area contributed by atoms with Gasteiger partial charge in [-0.1, -0.05) is 5.16 Å². The number of aromatic nitrogens is 4. The molecule has 0 aliphatic carbocycles. The van der Waals surface area contributed by atoms with Crippen LogP contribution in [-0.4, -0.2) is 19.9 Å². The predicted octanol–water partition coefficient (Wildman–Crippen LogP) is 0.401. The molecule has 0 aliphatic heterocycles. The topological polar surface area (TPSA) is 68.8 Å². The molecule has 80 valence electrons. The van der Waals surface area contributed by atoms with E-state index in [2.05, 4.69) is 20.6 Å². The molecular formula is C9H13N5O. The first-order valence-electron chi connectivity index (χ1n) is 4.71. The molecule has 2 rings (SSSR count). The summed E-state index contributed by atoms with van der Waals surface area (Å²) in [7, 11) is 1.86. The van der Waals surface area contributed by atoms with Crippen LogP contribution in [0.15, 0.2) is 16.9 Å². The highest BCUT2D eigenvalue weighted by molar-refractivity contribution is 5.02. The Balaban J connectivity index is 1.83. The zero-order valence-corrected chi connectivity index (χ0v) is 8.77. The summed E-state index contributed by atoms with van der Waals surface area (Å²) in [6.07, 6.45) is 1.54. The zero-order valence-electron chi connectivity index (χ0n) is 8.77. The van der Waals surface area contributed by atoms with E-state index in [4.69, 9.17) is 4.52 Å². The summed E-state index contributed by atoms with van der Waals surface area (Å²) < 4.78 is 6.79. The summed E-state index contributed by atoms with van der Waals surface area (Å²) >= 11 is 0. The predicted molar refractivity (Wildman–Crippen MR) is 52.8 cm³/mol. The molecule has 15 heavy (non-hydrogen) atoms. The maximum Gasteiger partial charge on any atom is 0.150 e. The molecule has 0 fully saturated rings. The van der Waals surface area contributed by atoms with E-state index in [1.807, 2.05) is 20.0 Å². The van der Waals surface area contributed by atoms with Crippen LogP contribution in [0.2, 0.25) is 0 Å². The molecule has 0 atom stereocenters. The van der Waals surface area contributed by atoms with Crippen molar-refractivity contribution in [3.05, 3.63) is 29.7 Å². The molecular weight excluding hydrogens is 194 g/mol. The third-order valence-electron chi connectivity index (χ3n) is 2.06. The van der Waals surface area contributed by atoms with E-state index in [1.165, 1.54) is 6.33 Å². The van der Waals surface area contributed by atoms with Crippen molar-refractivity contribution >= 4 is 0 Å². The largest absolute Gasteiger partial charge is 0.360 e. The number of aryl methyl sites for hydroxylation is 2. The fourth-order valence-corrected chi connectivity index (χ4v) is 1.28. The van der Waals surface area contributed by atoms with Crippen molar-refractivity contribution in [1.82, 2.24) is 25.2 Å². The average molecular weight is 207 g/mol. The van der Waals surface area contributed by atoms with E-state index in [9.17, 15) is 0 Å². The Labute approximate surface area is 87.3 Å². The van der Waals surface area contributed by atoms with E-state index in [0.29, 0.717) is 13.1 Å². The third kappa shape index (κ3) is 2.41. The van der Waals surface area contributed by atoms with Crippen LogP contribution in [0.4, 0.5) is 0 Å². The van der Waals surface area contributed by atoms with Crippen molar-refractivity contribution in [2.45, 2.75) is 20.0 Å². The Hall–Kier alpha value is -1.69. The quantitative estimate of drug-likeness (QED) is 0.786. The molecule has 6 heteroatoms. The second-order valence-corrected chi connectivity index (χ2v) is 3.34. The summed E-state index contributed by atoms with van der Waals surface area (Å²) in [5.74, 6) is 1.72. The van der Waals surface area contributed by atoms with Crippen molar-refractivity contribution in [2.75, 3.05) is 0 Å². The second-order valence-electron chi connectivity index (χ2n) is 3.34. The van der Waals surface area contributed by atoms with E-state index in [0.717, 1.165) is 17.3 Å². The van der Waals surface area contributed by atoms with E-state index >= 15 is 0 Å². The number of hydrogen-bond donors (Lipinski definition) is 1. The van der Waals surface area contributed by atoms with Crippen molar-refractivity contribution in [2.24, 2.45) is 7.05 Å². The fraction of sp³-hybridized carbons (Fsp3) is 0.444. The van der Waals surface area contributed by atoms with Gasteiger partial charge in [-0.05, 0) is 6.92 Å². The van der Waals surface area contributed by atoms with Gasteiger partial charge in [-0.15, -0.1) is 0 Å². The van der Waals surface area contributed by atoms with Crippen LogP contribution >= 0.6 is 0 Å². The van der Waals surface area contributed by atoms with Crippen molar-refractivity contribution < 1.29 is 4.52 Å². The molecule has 0 amide bonds. The number of nitrogens with zero attached hydrogens (tertiary/aromatic N) is 4. The molecule has 0 aliphatic rings. The van der Waals surface area contributed by atoms with Gasteiger partial charge in [0.05, 0.1) is 18.8 Å². The molecule has 0 saturated heterocycles. The molecule has 0 radical (unpaired) electrons. The fourth-order valence-electron chi connectivity index (χ4n) is 1.28. The molecule has 0 bridgehead atoms. The lowest BCUT2D eigenvalue weighted by Gasteiger charge is -2.00. The molecule has 0 unspecified atom stereocenters. The lowest BCUT2D eigenvalue weighted by atomic mass is 10.4. The first-order chi connectivity index (χ1) is 7.25. The van der Waals surface area contributed by atoms with Crippen LogP contribution in [0.25, 0.3) is 0 Å². The molecule has 2 aromatic heterocycles. The SMILES string of the molecule is Cc1cc(CNCc2ncnn2C)on1. The highest BCUT2D eigenvalue weighted by atomic mass is 16.5. The van der Waals surface area contributed by atoms with Crippen LogP contribution in [0.1, 0.15) is 17.3 Å². The highest BCUT2D eigenvalue weighted by Gasteiger charge is 2.02. The van der Waals surface area contributed by atoms with Crippen molar-refractivity contribution in [3.63, 3.8) is 0 Å². The van der Waals surface area contributed by atoms with Gasteiger partial charge in [-0.3, -0.25) is 4.68 Å². The van der Waals surface area contributed by atoms with E-state index in [1.54, 1.807) is 4.68 Å². The smallest absolute Gasteiger partial charge is 0.150 e. The lowest BCUT2D eigenvalue weighted by Crippen LogP contribution is -2.15. The first-order valence-corrected chi connectivity index (χ1v) is 4.71. The van der Waals surface area contributed by atoms with Gasteiger partial charge in [0.15, 0.2) is 5.76 Å². The van der Waals surface area contributed by atoms with Gasteiger partial charge in [-0.2, -0.15) is 5.10 Å². The van der Waals surface area contributed by atoms with E-state index < -0.39 is 0 Å².